The van der Waals surface area contributed by atoms with Crippen LogP contribution in [0.5, 0.6) is 17.2 Å². The number of aromatic amines is 1. The van der Waals surface area contributed by atoms with E-state index in [9.17, 15) is 4.79 Å². The van der Waals surface area contributed by atoms with E-state index in [1.807, 2.05) is 24.3 Å². The second-order valence-electron chi connectivity index (χ2n) is 5.23. The van der Waals surface area contributed by atoms with Gasteiger partial charge >= 0.3 is 5.69 Å². The van der Waals surface area contributed by atoms with Crippen LogP contribution in [0.3, 0.4) is 0 Å². The van der Waals surface area contributed by atoms with Gasteiger partial charge in [0.05, 0.1) is 37.7 Å². The number of nitrogens with zero attached hydrogens (tertiary/aromatic N) is 1. The van der Waals surface area contributed by atoms with Gasteiger partial charge in [0.25, 0.3) is 0 Å². The van der Waals surface area contributed by atoms with E-state index in [2.05, 4.69) is 4.98 Å². The summed E-state index contributed by atoms with van der Waals surface area (Å²) in [6.07, 6.45) is 1.70. The molecule has 0 spiro atoms. The molecule has 0 amide bonds. The number of imidazole rings is 1. The van der Waals surface area contributed by atoms with Crippen molar-refractivity contribution < 1.29 is 14.2 Å². The third-order valence-corrected chi connectivity index (χ3v) is 4.13. The lowest BCUT2D eigenvalue weighted by molar-refractivity contribution is 0.393. The van der Waals surface area contributed by atoms with Gasteiger partial charge < -0.3 is 19.2 Å². The van der Waals surface area contributed by atoms with Gasteiger partial charge in [-0.3, -0.25) is 4.57 Å². The molecule has 6 nitrogen and oxygen atoms in total. The minimum Gasteiger partial charge on any atom is -0.497 e. The normalized spacial score (nSPS) is 10.6. The molecule has 1 heterocycles. The third-order valence-electron chi connectivity index (χ3n) is 3.83. The summed E-state index contributed by atoms with van der Waals surface area (Å²) in [4.78, 5) is 15.3. The highest BCUT2D eigenvalue weighted by Crippen LogP contribution is 2.34. The Hall–Kier alpha value is -2.86. The number of H-pyrrole nitrogens is 1. The summed E-state index contributed by atoms with van der Waals surface area (Å²) in [6.45, 7) is 0. The van der Waals surface area contributed by atoms with Gasteiger partial charge in [-0.2, -0.15) is 0 Å². The quantitative estimate of drug-likeness (QED) is 0.756. The molecule has 0 aliphatic carbocycles. The molecule has 1 N–H and O–H groups in total. The van der Waals surface area contributed by atoms with Crippen molar-refractivity contribution >= 4 is 11.6 Å². The summed E-state index contributed by atoms with van der Waals surface area (Å²) in [5.41, 5.74) is 1.75. The Morgan fingerprint density at radius 2 is 1.64 bits per heavy atom. The van der Waals surface area contributed by atoms with Crippen molar-refractivity contribution in [3.05, 3.63) is 58.1 Å². The van der Waals surface area contributed by atoms with Crippen LogP contribution in [-0.2, 0) is 0 Å². The zero-order chi connectivity index (χ0) is 18.0. The molecule has 0 aliphatic rings. The van der Waals surface area contributed by atoms with Gasteiger partial charge in [0, 0.05) is 12.3 Å². The maximum atomic E-state index is 12.4. The van der Waals surface area contributed by atoms with Gasteiger partial charge in [0.2, 0.25) is 0 Å². The summed E-state index contributed by atoms with van der Waals surface area (Å²) >= 11 is 6.20. The lowest BCUT2D eigenvalue weighted by Crippen LogP contribution is -2.15. The Labute approximate surface area is 149 Å². The molecular weight excluding hydrogens is 344 g/mol. The Bertz CT molecular complexity index is 945. The van der Waals surface area contributed by atoms with Crippen LogP contribution < -0.4 is 19.9 Å². The molecule has 0 aliphatic heterocycles. The minimum atomic E-state index is -0.301. The van der Waals surface area contributed by atoms with Crippen LogP contribution in [0.2, 0.25) is 5.02 Å². The van der Waals surface area contributed by atoms with Crippen molar-refractivity contribution in [3.8, 4) is 34.2 Å². The summed E-state index contributed by atoms with van der Waals surface area (Å²) in [5.74, 6) is 1.69. The molecule has 3 aromatic rings. The Balaban J connectivity index is 2.08. The van der Waals surface area contributed by atoms with Gasteiger partial charge in [-0.1, -0.05) is 11.6 Å². The number of hydrogen-bond acceptors (Lipinski definition) is 4. The van der Waals surface area contributed by atoms with Crippen LogP contribution in [-0.4, -0.2) is 30.9 Å². The van der Waals surface area contributed by atoms with Crippen molar-refractivity contribution in [2.45, 2.75) is 0 Å². The zero-order valence-electron chi connectivity index (χ0n) is 14.0. The predicted molar refractivity (Wildman–Crippen MR) is 96.5 cm³/mol. The average Bonchev–Trinajstić information content (AvgIpc) is 3.03. The lowest BCUT2D eigenvalue weighted by Gasteiger charge is -2.11. The highest BCUT2D eigenvalue weighted by molar-refractivity contribution is 6.32. The van der Waals surface area contributed by atoms with Gasteiger partial charge in [-0.05, 0) is 35.9 Å². The molecule has 0 saturated heterocycles. The van der Waals surface area contributed by atoms with Crippen molar-refractivity contribution in [1.82, 2.24) is 9.55 Å². The Morgan fingerprint density at radius 3 is 2.24 bits per heavy atom. The molecule has 0 atom stereocenters. The van der Waals surface area contributed by atoms with Gasteiger partial charge in [-0.25, -0.2) is 4.79 Å². The smallest absolute Gasteiger partial charge is 0.330 e. The molecule has 0 bridgehead atoms. The van der Waals surface area contributed by atoms with Crippen molar-refractivity contribution in [2.24, 2.45) is 0 Å². The Kier molecular flexibility index (Phi) is 4.72. The highest BCUT2D eigenvalue weighted by atomic mass is 35.5. The summed E-state index contributed by atoms with van der Waals surface area (Å²) in [6, 6.07) is 10.7. The highest BCUT2D eigenvalue weighted by Gasteiger charge is 2.15. The predicted octanol–water partition coefficient (Wildman–Crippen LogP) is 3.51. The van der Waals surface area contributed by atoms with Crippen LogP contribution in [0.1, 0.15) is 0 Å². The second-order valence-corrected chi connectivity index (χ2v) is 5.64. The SMILES string of the molecule is COc1ccc(-c2cn(-c3cc(Cl)c(OC)cc3OC)c(=O)[nH]2)cc1. The first-order valence-corrected chi connectivity index (χ1v) is 7.83. The lowest BCUT2D eigenvalue weighted by atomic mass is 10.1. The van der Waals surface area contributed by atoms with E-state index in [0.717, 1.165) is 11.3 Å². The van der Waals surface area contributed by atoms with Crippen LogP contribution in [0.4, 0.5) is 0 Å². The fourth-order valence-electron chi connectivity index (χ4n) is 2.52. The number of nitrogens with one attached hydrogen (secondary N) is 1. The van der Waals surface area contributed by atoms with Crippen LogP contribution in [0.25, 0.3) is 16.9 Å². The van der Waals surface area contributed by atoms with Crippen LogP contribution >= 0.6 is 11.6 Å². The number of benzene rings is 2. The van der Waals surface area contributed by atoms with Gasteiger partial charge in [-0.15, -0.1) is 0 Å². The Morgan fingerprint density at radius 1 is 0.960 bits per heavy atom. The minimum absolute atomic E-state index is 0.301. The molecule has 1 aromatic heterocycles. The van der Waals surface area contributed by atoms with E-state index in [0.29, 0.717) is 27.9 Å². The number of hydrogen-bond donors (Lipinski definition) is 1. The van der Waals surface area contributed by atoms with Crippen LogP contribution in [0, 0.1) is 0 Å². The van der Waals surface area contributed by atoms with E-state index in [1.165, 1.54) is 18.8 Å². The van der Waals surface area contributed by atoms with Gasteiger partial charge in [0.1, 0.15) is 17.2 Å². The first-order chi connectivity index (χ1) is 12.1. The molecule has 0 fully saturated rings. The van der Waals surface area contributed by atoms with Crippen molar-refractivity contribution in [3.63, 3.8) is 0 Å². The summed E-state index contributed by atoms with van der Waals surface area (Å²) < 4.78 is 17.2. The van der Waals surface area contributed by atoms with E-state index < -0.39 is 0 Å². The molecule has 130 valence electrons. The fourth-order valence-corrected chi connectivity index (χ4v) is 2.76. The zero-order valence-corrected chi connectivity index (χ0v) is 14.8. The largest absolute Gasteiger partial charge is 0.497 e. The maximum Gasteiger partial charge on any atom is 0.330 e. The third kappa shape index (κ3) is 3.21. The number of aromatic nitrogens is 2. The molecule has 0 radical (unpaired) electrons. The fraction of sp³-hybridized carbons (Fsp3) is 0.167. The van der Waals surface area contributed by atoms with Crippen molar-refractivity contribution in [2.75, 3.05) is 21.3 Å². The first kappa shape index (κ1) is 17.0. The van der Waals surface area contributed by atoms with E-state index >= 15 is 0 Å². The molecule has 0 saturated carbocycles. The first-order valence-electron chi connectivity index (χ1n) is 7.45. The average molecular weight is 361 g/mol. The molecule has 3 rings (SSSR count). The monoisotopic (exact) mass is 360 g/mol. The second kappa shape index (κ2) is 6.94. The van der Waals surface area contributed by atoms with E-state index in [4.69, 9.17) is 25.8 Å². The number of methoxy groups -OCH3 is 3. The van der Waals surface area contributed by atoms with E-state index in [-0.39, 0.29) is 5.69 Å². The van der Waals surface area contributed by atoms with Gasteiger partial charge in [0.15, 0.2) is 0 Å². The van der Waals surface area contributed by atoms with E-state index in [1.54, 1.807) is 25.4 Å². The topological polar surface area (TPSA) is 65.5 Å². The summed E-state index contributed by atoms with van der Waals surface area (Å²) in [7, 11) is 4.64. The molecule has 2 aromatic carbocycles. The summed E-state index contributed by atoms with van der Waals surface area (Å²) in [5, 5.41) is 0.386. The van der Waals surface area contributed by atoms with Crippen LogP contribution in [0.15, 0.2) is 47.4 Å². The molecular formula is C18H17ClN2O4. The molecule has 7 heteroatoms. The number of rotatable bonds is 5. The molecule has 0 unspecified atom stereocenters. The number of halogens is 1. The van der Waals surface area contributed by atoms with Crippen molar-refractivity contribution in [1.29, 1.82) is 0 Å². The standard InChI is InChI=1S/C18H17ClN2O4/c1-23-12-6-4-11(5-7-12)14-10-21(18(22)20-14)15-8-13(19)16(24-2)9-17(15)25-3/h4-10H,1-3H3,(H,20,22). The number of ether oxygens (including phenoxy) is 3. The molecule has 25 heavy (non-hydrogen) atoms. The maximum absolute atomic E-state index is 12.4.